The number of nitrogens with one attached hydrogen (secondary N) is 3. The van der Waals surface area contributed by atoms with E-state index >= 15 is 4.39 Å². The summed E-state index contributed by atoms with van der Waals surface area (Å²) in [6.07, 6.45) is 1.93. The predicted octanol–water partition coefficient (Wildman–Crippen LogP) is 4.57. The zero-order valence-electron chi connectivity index (χ0n) is 17.4. The molecule has 1 heterocycles. The molecule has 0 bridgehead atoms. The highest BCUT2D eigenvalue weighted by atomic mass is 35.5. The lowest BCUT2D eigenvalue weighted by Crippen LogP contribution is -2.40. The van der Waals surface area contributed by atoms with E-state index < -0.39 is 5.82 Å². The molecule has 0 radical (unpaired) electrons. The van der Waals surface area contributed by atoms with Crippen molar-refractivity contribution < 1.29 is 13.9 Å². The highest BCUT2D eigenvalue weighted by molar-refractivity contribution is 6.32. The molecule has 0 unspecified atom stereocenters. The minimum Gasteiger partial charge on any atom is -0.453 e. The zero-order valence-corrected chi connectivity index (χ0v) is 18.1. The first-order chi connectivity index (χ1) is 14.5. The van der Waals surface area contributed by atoms with Crippen molar-refractivity contribution in [3.63, 3.8) is 0 Å². The Morgan fingerprint density at radius 3 is 2.73 bits per heavy atom. The van der Waals surface area contributed by atoms with E-state index in [1.165, 1.54) is 0 Å². The molecular formula is C23H29ClFN3O2. The first-order valence-electron chi connectivity index (χ1n) is 10.4. The number of para-hydroxylation sites is 1. The third kappa shape index (κ3) is 5.94. The summed E-state index contributed by atoms with van der Waals surface area (Å²) in [6, 6.07) is 12.1. The average molecular weight is 434 g/mol. The molecule has 1 amide bonds. The molecule has 3 rings (SSSR count). The second-order valence-electron chi connectivity index (χ2n) is 7.68. The summed E-state index contributed by atoms with van der Waals surface area (Å²) in [6.45, 7) is 5.65. The van der Waals surface area contributed by atoms with Crippen molar-refractivity contribution in [3.05, 3.63) is 58.9 Å². The SMILES string of the molecule is CC[C@@H](N[C@@H](C)CC(=O)N[C@H]1CCNC1)c1ccc(Cl)c(Oc2ccccc2)c1F. The normalized spacial score (nSPS) is 18.1. The van der Waals surface area contributed by atoms with Crippen LogP contribution in [0.1, 0.15) is 44.7 Å². The van der Waals surface area contributed by atoms with Gasteiger partial charge in [0.15, 0.2) is 11.6 Å². The highest BCUT2D eigenvalue weighted by Gasteiger charge is 2.23. The van der Waals surface area contributed by atoms with Gasteiger partial charge in [-0.1, -0.05) is 42.8 Å². The van der Waals surface area contributed by atoms with Crippen molar-refractivity contribution >= 4 is 17.5 Å². The van der Waals surface area contributed by atoms with Gasteiger partial charge in [-0.3, -0.25) is 4.79 Å². The Morgan fingerprint density at radius 1 is 1.30 bits per heavy atom. The van der Waals surface area contributed by atoms with Crippen LogP contribution in [0, 0.1) is 5.82 Å². The maximum absolute atomic E-state index is 15.3. The van der Waals surface area contributed by atoms with Crippen LogP contribution in [0.15, 0.2) is 42.5 Å². The van der Waals surface area contributed by atoms with Crippen LogP contribution in [-0.2, 0) is 4.79 Å². The molecular weight excluding hydrogens is 405 g/mol. The summed E-state index contributed by atoms with van der Waals surface area (Å²) >= 11 is 6.21. The van der Waals surface area contributed by atoms with Gasteiger partial charge in [-0.15, -0.1) is 0 Å². The fourth-order valence-corrected chi connectivity index (χ4v) is 3.87. The van der Waals surface area contributed by atoms with E-state index in [2.05, 4.69) is 16.0 Å². The second kappa shape index (κ2) is 10.8. The molecule has 1 saturated heterocycles. The quantitative estimate of drug-likeness (QED) is 0.542. The molecule has 0 aromatic heterocycles. The lowest BCUT2D eigenvalue weighted by Gasteiger charge is -2.24. The van der Waals surface area contributed by atoms with Crippen LogP contribution < -0.4 is 20.7 Å². The minimum absolute atomic E-state index is 0.00299. The number of carbonyl (C=O) groups excluding carboxylic acids is 1. The number of hydrogen-bond donors (Lipinski definition) is 3. The minimum atomic E-state index is -0.487. The summed E-state index contributed by atoms with van der Waals surface area (Å²) in [7, 11) is 0. The van der Waals surface area contributed by atoms with E-state index in [0.717, 1.165) is 19.5 Å². The van der Waals surface area contributed by atoms with Crippen molar-refractivity contribution in [3.8, 4) is 11.5 Å². The number of rotatable bonds is 9. The fraction of sp³-hybridized carbons (Fsp3) is 0.435. The van der Waals surface area contributed by atoms with Crippen LogP contribution >= 0.6 is 11.6 Å². The molecule has 1 aliphatic heterocycles. The first-order valence-corrected chi connectivity index (χ1v) is 10.8. The van der Waals surface area contributed by atoms with Gasteiger partial charge in [0.2, 0.25) is 5.91 Å². The van der Waals surface area contributed by atoms with E-state index in [9.17, 15) is 4.79 Å². The topological polar surface area (TPSA) is 62.4 Å². The van der Waals surface area contributed by atoms with Gasteiger partial charge in [0.25, 0.3) is 0 Å². The first kappa shape index (κ1) is 22.5. The molecule has 162 valence electrons. The predicted molar refractivity (Wildman–Crippen MR) is 118 cm³/mol. The lowest BCUT2D eigenvalue weighted by molar-refractivity contribution is -0.122. The molecule has 0 spiro atoms. The number of amides is 1. The molecule has 2 aromatic carbocycles. The van der Waals surface area contributed by atoms with Gasteiger partial charge in [0, 0.05) is 36.7 Å². The van der Waals surface area contributed by atoms with Gasteiger partial charge in [0.1, 0.15) is 5.75 Å². The van der Waals surface area contributed by atoms with E-state index in [1.807, 2.05) is 32.0 Å². The summed E-state index contributed by atoms with van der Waals surface area (Å²) in [5, 5.41) is 9.87. The van der Waals surface area contributed by atoms with Crippen LogP contribution in [0.5, 0.6) is 11.5 Å². The summed E-state index contributed by atoms with van der Waals surface area (Å²) in [5.41, 5.74) is 0.472. The standard InChI is InChI=1S/C23H29ClFN3O2/c1-3-20(27-15(2)13-21(29)28-16-11-12-26-14-16)18-9-10-19(24)23(22(18)25)30-17-7-5-4-6-8-17/h4-10,15-16,20,26-27H,3,11-14H2,1-2H3,(H,28,29)/t15-,16-,20+/m0/s1. The van der Waals surface area contributed by atoms with E-state index in [0.29, 0.717) is 24.2 Å². The van der Waals surface area contributed by atoms with Gasteiger partial charge in [-0.2, -0.15) is 0 Å². The molecule has 7 heteroatoms. The highest BCUT2D eigenvalue weighted by Crippen LogP contribution is 2.36. The molecule has 0 aliphatic carbocycles. The monoisotopic (exact) mass is 433 g/mol. The third-order valence-corrected chi connectivity index (χ3v) is 5.53. The van der Waals surface area contributed by atoms with E-state index in [4.69, 9.17) is 16.3 Å². The number of benzene rings is 2. The third-order valence-electron chi connectivity index (χ3n) is 5.23. The van der Waals surface area contributed by atoms with Crippen molar-refractivity contribution in [2.45, 2.75) is 51.2 Å². The molecule has 1 aliphatic rings. The zero-order chi connectivity index (χ0) is 21.5. The van der Waals surface area contributed by atoms with Crippen LogP contribution in [0.25, 0.3) is 0 Å². The summed E-state index contributed by atoms with van der Waals surface area (Å²) in [5.74, 6) is 0.0465. The maximum atomic E-state index is 15.3. The Kier molecular flexibility index (Phi) is 8.08. The largest absolute Gasteiger partial charge is 0.453 e. The molecule has 3 N–H and O–H groups in total. The van der Waals surface area contributed by atoms with Gasteiger partial charge >= 0.3 is 0 Å². The molecule has 5 nitrogen and oxygen atoms in total. The Bertz CT molecular complexity index is 844. The van der Waals surface area contributed by atoms with E-state index in [1.54, 1.807) is 24.3 Å². The van der Waals surface area contributed by atoms with Crippen LogP contribution in [0.2, 0.25) is 5.02 Å². The second-order valence-corrected chi connectivity index (χ2v) is 8.09. The Hall–Kier alpha value is -2.15. The average Bonchev–Trinajstić information content (AvgIpc) is 3.23. The number of carbonyl (C=O) groups is 1. The molecule has 0 saturated carbocycles. The molecule has 2 aromatic rings. The fourth-order valence-electron chi connectivity index (χ4n) is 3.69. The van der Waals surface area contributed by atoms with Crippen molar-refractivity contribution in [2.24, 2.45) is 0 Å². The molecule has 3 atom stereocenters. The van der Waals surface area contributed by atoms with E-state index in [-0.39, 0.29) is 34.8 Å². The van der Waals surface area contributed by atoms with Gasteiger partial charge < -0.3 is 20.7 Å². The number of halogens is 2. The molecule has 30 heavy (non-hydrogen) atoms. The van der Waals surface area contributed by atoms with Crippen LogP contribution in [-0.4, -0.2) is 31.1 Å². The Labute approximate surface area is 182 Å². The maximum Gasteiger partial charge on any atom is 0.221 e. The number of hydrogen-bond acceptors (Lipinski definition) is 4. The Morgan fingerprint density at radius 2 is 2.07 bits per heavy atom. The summed E-state index contributed by atoms with van der Waals surface area (Å²) < 4.78 is 21.0. The summed E-state index contributed by atoms with van der Waals surface area (Å²) in [4.78, 5) is 12.3. The van der Waals surface area contributed by atoms with Crippen LogP contribution in [0.4, 0.5) is 4.39 Å². The number of ether oxygens (including phenoxy) is 1. The van der Waals surface area contributed by atoms with Crippen molar-refractivity contribution in [1.82, 2.24) is 16.0 Å². The smallest absolute Gasteiger partial charge is 0.221 e. The van der Waals surface area contributed by atoms with Gasteiger partial charge in [-0.05, 0) is 44.5 Å². The van der Waals surface area contributed by atoms with Gasteiger partial charge in [-0.25, -0.2) is 4.39 Å². The van der Waals surface area contributed by atoms with Crippen LogP contribution in [0.3, 0.4) is 0 Å². The molecule has 1 fully saturated rings. The van der Waals surface area contributed by atoms with Crippen molar-refractivity contribution in [1.29, 1.82) is 0 Å². The Balaban J connectivity index is 1.67. The lowest BCUT2D eigenvalue weighted by atomic mass is 10.0. The van der Waals surface area contributed by atoms with Crippen molar-refractivity contribution in [2.75, 3.05) is 13.1 Å². The van der Waals surface area contributed by atoms with Gasteiger partial charge in [0.05, 0.1) is 5.02 Å².